The number of carbonyl (C=O) groups excluding carboxylic acids is 2. The molecule has 1 rings (SSSR count). The van der Waals surface area contributed by atoms with Crippen LogP contribution in [-0.2, 0) is 14.3 Å². The SMILES string of the molecule is COC(=O)C1CCC(=O)CNC1. The first-order valence-electron chi connectivity index (χ1n) is 4.04. The molecule has 0 bridgehead atoms. The Morgan fingerprint density at radius 1 is 1.67 bits per heavy atom. The first-order chi connectivity index (χ1) is 5.74. The second-order valence-electron chi connectivity index (χ2n) is 2.93. The van der Waals surface area contributed by atoms with E-state index in [1.165, 1.54) is 7.11 Å². The minimum Gasteiger partial charge on any atom is -0.469 e. The molecule has 4 heteroatoms. The van der Waals surface area contributed by atoms with Gasteiger partial charge in [-0.05, 0) is 6.42 Å². The minimum atomic E-state index is -0.225. The van der Waals surface area contributed by atoms with Crippen LogP contribution in [0.15, 0.2) is 0 Å². The average molecular weight is 171 g/mol. The van der Waals surface area contributed by atoms with Crippen molar-refractivity contribution in [3.05, 3.63) is 0 Å². The molecule has 0 aliphatic carbocycles. The van der Waals surface area contributed by atoms with Gasteiger partial charge in [-0.15, -0.1) is 0 Å². The Balaban J connectivity index is 2.45. The first-order valence-corrected chi connectivity index (χ1v) is 4.04. The number of hydrogen-bond donors (Lipinski definition) is 1. The van der Waals surface area contributed by atoms with Gasteiger partial charge in [-0.1, -0.05) is 0 Å². The molecule has 0 aromatic heterocycles. The van der Waals surface area contributed by atoms with Crippen molar-refractivity contribution in [2.45, 2.75) is 12.8 Å². The zero-order chi connectivity index (χ0) is 8.97. The van der Waals surface area contributed by atoms with Crippen LogP contribution in [-0.4, -0.2) is 32.0 Å². The van der Waals surface area contributed by atoms with Crippen LogP contribution in [0.5, 0.6) is 0 Å². The molecule has 68 valence electrons. The lowest BCUT2D eigenvalue weighted by molar-refractivity contribution is -0.145. The molecule has 0 saturated carbocycles. The average Bonchev–Trinajstić information content (AvgIpc) is 2.29. The summed E-state index contributed by atoms with van der Waals surface area (Å²) in [6.07, 6.45) is 1.09. The Bertz CT molecular complexity index is 191. The first kappa shape index (κ1) is 9.19. The molecule has 4 nitrogen and oxygen atoms in total. The molecule has 0 radical (unpaired) electrons. The molecular weight excluding hydrogens is 158 g/mol. The summed E-state index contributed by atoms with van der Waals surface area (Å²) in [5, 5.41) is 2.91. The van der Waals surface area contributed by atoms with E-state index in [-0.39, 0.29) is 17.7 Å². The molecular formula is C8H13NO3. The van der Waals surface area contributed by atoms with Crippen molar-refractivity contribution in [1.82, 2.24) is 5.32 Å². The number of methoxy groups -OCH3 is 1. The predicted molar refractivity (Wildman–Crippen MR) is 42.6 cm³/mol. The Morgan fingerprint density at radius 2 is 2.42 bits per heavy atom. The van der Waals surface area contributed by atoms with E-state index in [0.717, 1.165) is 0 Å². The second kappa shape index (κ2) is 4.21. The second-order valence-corrected chi connectivity index (χ2v) is 2.93. The third kappa shape index (κ3) is 2.30. The van der Waals surface area contributed by atoms with Crippen molar-refractivity contribution in [1.29, 1.82) is 0 Å². The summed E-state index contributed by atoms with van der Waals surface area (Å²) < 4.78 is 4.59. The fourth-order valence-corrected chi connectivity index (χ4v) is 1.28. The fraction of sp³-hybridized carbons (Fsp3) is 0.750. The largest absolute Gasteiger partial charge is 0.469 e. The van der Waals surface area contributed by atoms with Crippen molar-refractivity contribution in [3.63, 3.8) is 0 Å². The number of esters is 1. The summed E-state index contributed by atoms with van der Waals surface area (Å²) in [6, 6.07) is 0. The maximum Gasteiger partial charge on any atom is 0.309 e. The van der Waals surface area contributed by atoms with Crippen LogP contribution in [0.2, 0.25) is 0 Å². The van der Waals surface area contributed by atoms with Gasteiger partial charge in [0.25, 0.3) is 0 Å². The fourth-order valence-electron chi connectivity index (χ4n) is 1.28. The van der Waals surface area contributed by atoms with Gasteiger partial charge >= 0.3 is 5.97 Å². The third-order valence-electron chi connectivity index (χ3n) is 2.02. The smallest absolute Gasteiger partial charge is 0.309 e. The van der Waals surface area contributed by atoms with E-state index in [2.05, 4.69) is 10.1 Å². The van der Waals surface area contributed by atoms with Crippen molar-refractivity contribution < 1.29 is 14.3 Å². The molecule has 0 aromatic rings. The van der Waals surface area contributed by atoms with Crippen molar-refractivity contribution in [2.75, 3.05) is 20.2 Å². The lowest BCUT2D eigenvalue weighted by atomic mass is 10.0. The predicted octanol–water partition coefficient (Wildman–Crippen LogP) is -0.272. The van der Waals surface area contributed by atoms with E-state index in [9.17, 15) is 9.59 Å². The number of ketones is 1. The highest BCUT2D eigenvalue weighted by atomic mass is 16.5. The normalized spacial score (nSPS) is 24.8. The highest BCUT2D eigenvalue weighted by Gasteiger charge is 2.22. The molecule has 1 heterocycles. The molecule has 0 spiro atoms. The number of Topliss-reactive ketones (excluding diaryl/α,β-unsaturated/α-hetero) is 1. The summed E-state index contributed by atoms with van der Waals surface area (Å²) in [4.78, 5) is 22.0. The van der Waals surface area contributed by atoms with Gasteiger partial charge < -0.3 is 10.1 Å². The maximum absolute atomic E-state index is 11.1. The van der Waals surface area contributed by atoms with E-state index in [0.29, 0.717) is 25.9 Å². The van der Waals surface area contributed by atoms with E-state index in [4.69, 9.17) is 0 Å². The van der Waals surface area contributed by atoms with Gasteiger partial charge in [-0.2, -0.15) is 0 Å². The molecule has 1 aliphatic rings. The van der Waals surface area contributed by atoms with Gasteiger partial charge in [0.15, 0.2) is 0 Å². The summed E-state index contributed by atoms with van der Waals surface area (Å²) >= 11 is 0. The number of ether oxygens (including phenoxy) is 1. The van der Waals surface area contributed by atoms with Crippen molar-refractivity contribution in [3.8, 4) is 0 Å². The van der Waals surface area contributed by atoms with Crippen LogP contribution in [0.3, 0.4) is 0 Å². The monoisotopic (exact) mass is 171 g/mol. The third-order valence-corrected chi connectivity index (χ3v) is 2.02. The van der Waals surface area contributed by atoms with E-state index in [1.54, 1.807) is 0 Å². The van der Waals surface area contributed by atoms with Gasteiger partial charge in [0.05, 0.1) is 19.6 Å². The Hall–Kier alpha value is -0.900. The zero-order valence-electron chi connectivity index (χ0n) is 7.13. The lowest BCUT2D eigenvalue weighted by Gasteiger charge is -2.09. The summed E-state index contributed by atoms with van der Waals surface area (Å²) in [5.41, 5.74) is 0. The van der Waals surface area contributed by atoms with Crippen LogP contribution in [0, 0.1) is 5.92 Å². The van der Waals surface area contributed by atoms with Crippen molar-refractivity contribution >= 4 is 11.8 Å². The van der Waals surface area contributed by atoms with Crippen LogP contribution < -0.4 is 5.32 Å². The van der Waals surface area contributed by atoms with E-state index < -0.39 is 0 Å². The summed E-state index contributed by atoms with van der Waals surface area (Å²) in [7, 11) is 1.37. The van der Waals surface area contributed by atoms with Crippen LogP contribution in [0.1, 0.15) is 12.8 Å². The molecule has 1 aliphatic heterocycles. The van der Waals surface area contributed by atoms with Crippen molar-refractivity contribution in [2.24, 2.45) is 5.92 Å². The van der Waals surface area contributed by atoms with Crippen LogP contribution >= 0.6 is 0 Å². The molecule has 1 saturated heterocycles. The van der Waals surface area contributed by atoms with Gasteiger partial charge in [0, 0.05) is 13.0 Å². The highest BCUT2D eigenvalue weighted by molar-refractivity contribution is 5.82. The Labute approximate surface area is 71.3 Å². The number of carbonyl (C=O) groups is 2. The molecule has 1 N–H and O–H groups in total. The van der Waals surface area contributed by atoms with Gasteiger partial charge in [0.2, 0.25) is 0 Å². The van der Waals surface area contributed by atoms with Crippen LogP contribution in [0.25, 0.3) is 0 Å². The standard InChI is InChI=1S/C8H13NO3/c1-12-8(11)6-2-3-7(10)5-9-4-6/h6,9H,2-5H2,1H3. The quantitative estimate of drug-likeness (QED) is 0.552. The maximum atomic E-state index is 11.1. The molecule has 1 unspecified atom stereocenters. The van der Waals surface area contributed by atoms with Gasteiger partial charge in [-0.3, -0.25) is 9.59 Å². The highest BCUT2D eigenvalue weighted by Crippen LogP contribution is 2.10. The summed E-state index contributed by atoms with van der Waals surface area (Å²) in [6.45, 7) is 0.936. The number of hydrogen-bond acceptors (Lipinski definition) is 4. The number of nitrogens with one attached hydrogen (secondary N) is 1. The van der Waals surface area contributed by atoms with E-state index in [1.807, 2.05) is 0 Å². The Morgan fingerprint density at radius 3 is 3.08 bits per heavy atom. The molecule has 1 atom stereocenters. The lowest BCUT2D eigenvalue weighted by Crippen LogP contribution is -2.28. The van der Waals surface area contributed by atoms with Crippen LogP contribution in [0.4, 0.5) is 0 Å². The number of rotatable bonds is 1. The van der Waals surface area contributed by atoms with Gasteiger partial charge in [0.1, 0.15) is 5.78 Å². The topological polar surface area (TPSA) is 55.4 Å². The molecule has 0 amide bonds. The van der Waals surface area contributed by atoms with E-state index >= 15 is 0 Å². The molecule has 0 aromatic carbocycles. The summed E-state index contributed by atoms with van der Waals surface area (Å²) in [5.74, 6) is -0.208. The Kier molecular flexibility index (Phi) is 3.22. The zero-order valence-corrected chi connectivity index (χ0v) is 7.13. The molecule has 1 fully saturated rings. The minimum absolute atomic E-state index is 0.151. The van der Waals surface area contributed by atoms with Gasteiger partial charge in [-0.25, -0.2) is 0 Å². The molecule has 12 heavy (non-hydrogen) atoms.